The fraction of sp³-hybridized carbons (Fsp3) is 0.267. The third-order valence-corrected chi connectivity index (χ3v) is 4.02. The topological polar surface area (TPSA) is 82.1 Å². The van der Waals surface area contributed by atoms with Gasteiger partial charge in [-0.3, -0.25) is 19.3 Å². The van der Waals surface area contributed by atoms with Gasteiger partial charge in [-0.05, 0) is 30.0 Å². The number of thioether (sulfide) groups is 1. The van der Waals surface area contributed by atoms with E-state index in [2.05, 4.69) is 4.74 Å². The molecule has 1 aliphatic heterocycles. The molecule has 0 aliphatic carbocycles. The first kappa shape index (κ1) is 16.9. The summed E-state index contributed by atoms with van der Waals surface area (Å²) in [5.74, 6) is -0.0826. The fourth-order valence-electron chi connectivity index (χ4n) is 1.91. The van der Waals surface area contributed by atoms with Crippen molar-refractivity contribution in [3.8, 4) is 11.5 Å². The second-order valence-electron chi connectivity index (χ2n) is 4.45. The molecule has 0 atom stereocenters. The van der Waals surface area contributed by atoms with Crippen molar-refractivity contribution < 1.29 is 28.6 Å². The summed E-state index contributed by atoms with van der Waals surface area (Å²) in [7, 11) is 4.22. The van der Waals surface area contributed by atoms with Crippen LogP contribution in [-0.4, -0.2) is 49.9 Å². The summed E-state index contributed by atoms with van der Waals surface area (Å²) in [6, 6.07) is 5.10. The number of carbonyl (C=O) groups excluding carboxylic acids is 3. The molecule has 1 heterocycles. The summed E-state index contributed by atoms with van der Waals surface area (Å²) in [5, 5.41) is -0.515. The number of benzene rings is 1. The minimum atomic E-state index is -0.657. The highest BCUT2D eigenvalue weighted by Crippen LogP contribution is 2.34. The summed E-state index contributed by atoms with van der Waals surface area (Å²) >= 11 is 0.762. The van der Waals surface area contributed by atoms with Gasteiger partial charge in [-0.15, -0.1) is 0 Å². The molecule has 0 unspecified atom stereocenters. The monoisotopic (exact) mass is 337 g/mol. The van der Waals surface area contributed by atoms with Gasteiger partial charge in [0.2, 0.25) is 0 Å². The Hall–Kier alpha value is -2.48. The van der Waals surface area contributed by atoms with Gasteiger partial charge in [-0.2, -0.15) is 0 Å². The van der Waals surface area contributed by atoms with Gasteiger partial charge in [0, 0.05) is 11.6 Å². The number of esters is 1. The molecule has 2 amide bonds. The highest BCUT2D eigenvalue weighted by atomic mass is 32.2. The molecule has 1 fully saturated rings. The Morgan fingerprint density at radius 2 is 1.96 bits per heavy atom. The van der Waals surface area contributed by atoms with Crippen molar-refractivity contribution in [1.29, 1.82) is 0 Å². The van der Waals surface area contributed by atoms with E-state index in [4.69, 9.17) is 9.47 Å². The predicted octanol–water partition coefficient (Wildman–Crippen LogP) is 1.91. The molecule has 0 saturated carbocycles. The normalized spacial score (nSPS) is 16.0. The smallest absolute Gasteiger partial charge is 0.325 e. The fourth-order valence-corrected chi connectivity index (χ4v) is 2.74. The molecule has 8 heteroatoms. The Labute approximate surface area is 137 Å². The summed E-state index contributed by atoms with van der Waals surface area (Å²) in [4.78, 5) is 36.4. The van der Waals surface area contributed by atoms with Gasteiger partial charge in [-0.25, -0.2) is 0 Å². The Kier molecular flexibility index (Phi) is 5.28. The van der Waals surface area contributed by atoms with Gasteiger partial charge in [0.25, 0.3) is 11.1 Å². The molecular formula is C15H15NO6S. The zero-order valence-electron chi connectivity index (χ0n) is 12.8. The van der Waals surface area contributed by atoms with Crippen LogP contribution >= 0.6 is 11.8 Å². The van der Waals surface area contributed by atoms with E-state index in [1.165, 1.54) is 21.3 Å². The molecule has 122 valence electrons. The second-order valence-corrected chi connectivity index (χ2v) is 5.45. The molecule has 1 aromatic carbocycles. The molecule has 1 aromatic rings. The molecule has 0 spiro atoms. The van der Waals surface area contributed by atoms with E-state index in [-0.39, 0.29) is 4.91 Å². The van der Waals surface area contributed by atoms with Crippen LogP contribution in [-0.2, 0) is 14.3 Å². The van der Waals surface area contributed by atoms with Crippen molar-refractivity contribution in [3.05, 3.63) is 28.7 Å². The lowest BCUT2D eigenvalue weighted by Gasteiger charge is -2.10. The number of ether oxygens (including phenoxy) is 3. The molecule has 1 saturated heterocycles. The number of hydrogen-bond donors (Lipinski definition) is 0. The van der Waals surface area contributed by atoms with Crippen LogP contribution in [0.4, 0.5) is 4.79 Å². The molecule has 23 heavy (non-hydrogen) atoms. The van der Waals surface area contributed by atoms with E-state index >= 15 is 0 Å². The van der Waals surface area contributed by atoms with Crippen LogP contribution in [0.2, 0.25) is 0 Å². The Balaban J connectivity index is 2.28. The first-order valence-corrected chi connectivity index (χ1v) is 7.36. The maximum atomic E-state index is 12.2. The minimum Gasteiger partial charge on any atom is -0.497 e. The minimum absolute atomic E-state index is 0.211. The lowest BCUT2D eigenvalue weighted by atomic mass is 10.1. The quantitative estimate of drug-likeness (QED) is 0.599. The molecule has 2 rings (SSSR count). The maximum Gasteiger partial charge on any atom is 0.325 e. The third-order valence-electron chi connectivity index (χ3n) is 3.12. The Morgan fingerprint density at radius 1 is 1.22 bits per heavy atom. The largest absolute Gasteiger partial charge is 0.497 e. The summed E-state index contributed by atoms with van der Waals surface area (Å²) in [5.41, 5.74) is 0.622. The molecule has 0 bridgehead atoms. The highest BCUT2D eigenvalue weighted by molar-refractivity contribution is 8.18. The highest BCUT2D eigenvalue weighted by Gasteiger charge is 2.36. The van der Waals surface area contributed by atoms with Crippen LogP contribution in [0.3, 0.4) is 0 Å². The summed E-state index contributed by atoms with van der Waals surface area (Å²) in [6.45, 7) is -0.405. The van der Waals surface area contributed by atoms with E-state index < -0.39 is 23.7 Å². The molecule has 0 N–H and O–H groups in total. The van der Waals surface area contributed by atoms with Crippen LogP contribution in [0.15, 0.2) is 23.1 Å². The molecular weight excluding hydrogens is 322 g/mol. The molecule has 0 aromatic heterocycles. The first-order valence-electron chi connectivity index (χ1n) is 6.54. The summed E-state index contributed by atoms with van der Waals surface area (Å²) in [6.07, 6.45) is 1.54. The summed E-state index contributed by atoms with van der Waals surface area (Å²) < 4.78 is 14.8. The number of imide groups is 1. The van der Waals surface area contributed by atoms with Gasteiger partial charge < -0.3 is 14.2 Å². The van der Waals surface area contributed by atoms with E-state index in [1.807, 2.05) is 0 Å². The van der Waals surface area contributed by atoms with Crippen molar-refractivity contribution in [1.82, 2.24) is 4.90 Å². The number of amides is 2. The lowest BCUT2D eigenvalue weighted by molar-refractivity contribution is -0.143. The van der Waals surface area contributed by atoms with Gasteiger partial charge in [0.15, 0.2) is 0 Å². The van der Waals surface area contributed by atoms with Crippen LogP contribution in [0.1, 0.15) is 5.56 Å². The molecule has 1 aliphatic rings. The number of hydrogen-bond acceptors (Lipinski definition) is 7. The zero-order valence-corrected chi connectivity index (χ0v) is 13.6. The predicted molar refractivity (Wildman–Crippen MR) is 84.2 cm³/mol. The Morgan fingerprint density at radius 3 is 2.57 bits per heavy atom. The zero-order chi connectivity index (χ0) is 17.0. The number of methoxy groups -OCH3 is 3. The molecule has 7 nitrogen and oxygen atoms in total. The van der Waals surface area contributed by atoms with E-state index in [0.717, 1.165) is 16.7 Å². The van der Waals surface area contributed by atoms with Crippen molar-refractivity contribution in [2.24, 2.45) is 0 Å². The van der Waals surface area contributed by atoms with E-state index in [9.17, 15) is 14.4 Å². The van der Waals surface area contributed by atoms with Crippen LogP contribution < -0.4 is 9.47 Å². The van der Waals surface area contributed by atoms with Gasteiger partial charge in [0.1, 0.15) is 18.0 Å². The SMILES string of the molecule is COC(=O)CN1C(=O)S/C(=C/c2ccc(OC)cc2OC)C1=O. The van der Waals surface area contributed by atoms with Crippen molar-refractivity contribution in [2.45, 2.75) is 0 Å². The number of carbonyl (C=O) groups is 3. The number of nitrogens with zero attached hydrogens (tertiary/aromatic N) is 1. The standard InChI is InChI=1S/C15H15NO6S/c1-20-10-5-4-9(11(7-10)21-2)6-12-14(18)16(15(19)23-12)8-13(17)22-3/h4-7H,8H2,1-3H3/b12-6+. The van der Waals surface area contributed by atoms with Gasteiger partial charge >= 0.3 is 5.97 Å². The van der Waals surface area contributed by atoms with E-state index in [1.54, 1.807) is 24.3 Å². The molecule has 0 radical (unpaired) electrons. The average Bonchev–Trinajstić information content (AvgIpc) is 2.82. The van der Waals surface area contributed by atoms with Crippen LogP contribution in [0, 0.1) is 0 Å². The van der Waals surface area contributed by atoms with Crippen molar-refractivity contribution >= 4 is 35.0 Å². The lowest BCUT2D eigenvalue weighted by Crippen LogP contribution is -2.34. The maximum absolute atomic E-state index is 12.2. The van der Waals surface area contributed by atoms with Gasteiger partial charge in [0.05, 0.1) is 26.2 Å². The first-order chi connectivity index (χ1) is 11.0. The second kappa shape index (κ2) is 7.19. The van der Waals surface area contributed by atoms with Gasteiger partial charge in [-0.1, -0.05) is 0 Å². The Bertz CT molecular complexity index is 685. The number of rotatable bonds is 5. The van der Waals surface area contributed by atoms with Crippen molar-refractivity contribution in [3.63, 3.8) is 0 Å². The average molecular weight is 337 g/mol. The van der Waals surface area contributed by atoms with Crippen LogP contribution in [0.5, 0.6) is 11.5 Å². The van der Waals surface area contributed by atoms with Crippen molar-refractivity contribution in [2.75, 3.05) is 27.9 Å². The third kappa shape index (κ3) is 3.65. The van der Waals surface area contributed by atoms with E-state index in [0.29, 0.717) is 17.1 Å². The van der Waals surface area contributed by atoms with Crippen LogP contribution in [0.25, 0.3) is 6.08 Å².